The van der Waals surface area contributed by atoms with Gasteiger partial charge in [-0.1, -0.05) is 0 Å². The molecule has 2 heterocycles. The number of rotatable bonds is 4. The summed E-state index contributed by atoms with van der Waals surface area (Å²) in [6.45, 7) is 11.4. The van der Waals surface area contributed by atoms with Crippen LogP contribution in [0.3, 0.4) is 0 Å². The fourth-order valence-corrected chi connectivity index (χ4v) is 2.25. The molecule has 2 aliphatic rings. The van der Waals surface area contributed by atoms with E-state index in [1.165, 1.54) is 0 Å². The van der Waals surface area contributed by atoms with Crippen molar-refractivity contribution in [3.8, 4) is 0 Å². The topological polar surface area (TPSA) is 83.6 Å². The minimum Gasteiger partial charge on any atom is -0.478 e. The van der Waals surface area contributed by atoms with Crippen LogP contribution < -0.4 is 0 Å². The maximum Gasteiger partial charge on any atom is 0.199 e. The van der Waals surface area contributed by atoms with E-state index in [9.17, 15) is 10.2 Å². The van der Waals surface area contributed by atoms with E-state index in [0.29, 0.717) is 25.0 Å². The van der Waals surface area contributed by atoms with Gasteiger partial charge in [0.15, 0.2) is 11.8 Å². The molecule has 21 heavy (non-hydrogen) atoms. The van der Waals surface area contributed by atoms with Gasteiger partial charge in [0.25, 0.3) is 0 Å². The van der Waals surface area contributed by atoms with Crippen molar-refractivity contribution < 1.29 is 19.7 Å². The Morgan fingerprint density at radius 2 is 1.14 bits per heavy atom. The molecular weight excluding hydrogens is 272 g/mol. The molecule has 0 saturated carbocycles. The molecule has 2 atom stereocenters. The van der Waals surface area contributed by atoms with Crippen molar-refractivity contribution in [3.63, 3.8) is 0 Å². The number of aliphatic hydroxyl groups is 2. The summed E-state index contributed by atoms with van der Waals surface area (Å²) in [5.41, 5.74) is -2.46. The van der Waals surface area contributed by atoms with E-state index < -0.39 is 16.6 Å². The molecule has 0 saturated heterocycles. The molecule has 0 radical (unpaired) electrons. The first-order valence-electron chi connectivity index (χ1n) is 7.29. The van der Waals surface area contributed by atoms with Crippen LogP contribution in [0, 0.1) is 5.41 Å². The highest BCUT2D eigenvalue weighted by Gasteiger charge is 2.45. The molecule has 6 heteroatoms. The molecule has 0 aromatic carbocycles. The molecule has 120 valence electrons. The van der Waals surface area contributed by atoms with Gasteiger partial charge in [-0.2, -0.15) is 0 Å². The van der Waals surface area contributed by atoms with Crippen molar-refractivity contribution in [1.29, 1.82) is 0 Å². The van der Waals surface area contributed by atoms with Gasteiger partial charge in [-0.05, 0) is 41.5 Å². The zero-order valence-electron chi connectivity index (χ0n) is 13.7. The van der Waals surface area contributed by atoms with Gasteiger partial charge in [-0.3, -0.25) is 0 Å². The molecule has 0 unspecified atom stereocenters. The van der Waals surface area contributed by atoms with Gasteiger partial charge in [-0.25, -0.2) is 9.98 Å². The average Bonchev–Trinajstić information content (AvgIpc) is 2.97. The summed E-state index contributed by atoms with van der Waals surface area (Å²) >= 11 is 0. The fourth-order valence-electron chi connectivity index (χ4n) is 2.25. The minimum absolute atomic E-state index is 0.293. The Bertz CT molecular complexity index is 427. The molecule has 0 bridgehead atoms. The maximum atomic E-state index is 10.0. The molecule has 2 rings (SSSR count). The Kier molecular flexibility index (Phi) is 3.83. The van der Waals surface area contributed by atoms with E-state index in [4.69, 9.17) is 9.47 Å². The SMILES string of the molecule is CC(C)(C1=N[C@@H](C(C)(C)O)CO1)C1=N[C@@H](C(C)(C)O)CO1. The van der Waals surface area contributed by atoms with Gasteiger partial charge in [0.1, 0.15) is 30.7 Å². The lowest BCUT2D eigenvalue weighted by molar-refractivity contribution is 0.0432. The maximum absolute atomic E-state index is 10.0. The summed E-state index contributed by atoms with van der Waals surface area (Å²) in [5.74, 6) is 1.04. The van der Waals surface area contributed by atoms with Crippen LogP contribution in [-0.2, 0) is 9.47 Å². The van der Waals surface area contributed by atoms with Crippen molar-refractivity contribution in [2.24, 2.45) is 15.4 Å². The molecule has 0 aromatic heterocycles. The highest BCUT2D eigenvalue weighted by molar-refractivity contribution is 6.05. The zero-order valence-corrected chi connectivity index (χ0v) is 13.7. The molecule has 2 N–H and O–H groups in total. The second-order valence-electron chi connectivity index (χ2n) is 7.45. The van der Waals surface area contributed by atoms with E-state index in [0.717, 1.165) is 0 Å². The van der Waals surface area contributed by atoms with Gasteiger partial charge in [0.2, 0.25) is 0 Å². The summed E-state index contributed by atoms with van der Waals surface area (Å²) < 4.78 is 11.3. The molecule has 2 aliphatic heterocycles. The standard InChI is InChI=1S/C15H26N2O4/c1-13(2,11-16-9(7-20-11)14(3,4)18)12-17-10(8-21-12)15(5,6)19/h9-10,18-19H,7-8H2,1-6H3/t9-,10-/m1/s1. The summed E-state index contributed by atoms with van der Waals surface area (Å²) in [6, 6.07) is -0.585. The van der Waals surface area contributed by atoms with Crippen molar-refractivity contribution in [3.05, 3.63) is 0 Å². The number of hydrogen-bond donors (Lipinski definition) is 2. The Morgan fingerprint density at radius 1 is 0.810 bits per heavy atom. The summed E-state index contributed by atoms with van der Waals surface area (Å²) in [5, 5.41) is 20.1. The van der Waals surface area contributed by atoms with Crippen LogP contribution in [0.5, 0.6) is 0 Å². The van der Waals surface area contributed by atoms with Crippen LogP contribution in [0.15, 0.2) is 9.98 Å². The predicted molar refractivity (Wildman–Crippen MR) is 80.7 cm³/mol. The first-order chi connectivity index (χ1) is 9.42. The monoisotopic (exact) mass is 298 g/mol. The van der Waals surface area contributed by atoms with Crippen LogP contribution in [0.4, 0.5) is 0 Å². The Labute approximate surface area is 125 Å². The summed E-state index contributed by atoms with van der Waals surface area (Å²) in [6.07, 6.45) is 0. The molecular formula is C15H26N2O4. The summed E-state index contributed by atoms with van der Waals surface area (Å²) in [7, 11) is 0. The predicted octanol–water partition coefficient (Wildman–Crippen LogP) is 1.15. The van der Waals surface area contributed by atoms with Crippen LogP contribution in [0.2, 0.25) is 0 Å². The van der Waals surface area contributed by atoms with Crippen molar-refractivity contribution in [1.82, 2.24) is 0 Å². The molecule has 0 spiro atoms. The second kappa shape index (κ2) is 4.95. The molecule has 6 nitrogen and oxygen atoms in total. The number of hydrogen-bond acceptors (Lipinski definition) is 6. The highest BCUT2D eigenvalue weighted by Crippen LogP contribution is 2.32. The minimum atomic E-state index is -0.925. The average molecular weight is 298 g/mol. The van der Waals surface area contributed by atoms with Crippen molar-refractivity contribution in [2.45, 2.75) is 64.8 Å². The largest absolute Gasteiger partial charge is 0.478 e. The third-order valence-corrected chi connectivity index (χ3v) is 4.00. The van der Waals surface area contributed by atoms with Crippen molar-refractivity contribution in [2.75, 3.05) is 13.2 Å². The number of ether oxygens (including phenoxy) is 2. The molecule has 0 aromatic rings. The Balaban J connectivity index is 2.20. The lowest BCUT2D eigenvalue weighted by Gasteiger charge is -2.22. The van der Waals surface area contributed by atoms with Gasteiger partial charge < -0.3 is 19.7 Å². The van der Waals surface area contributed by atoms with E-state index >= 15 is 0 Å². The van der Waals surface area contributed by atoms with E-state index in [2.05, 4.69) is 9.98 Å². The Hall–Kier alpha value is -1.14. The molecule has 0 fully saturated rings. The van der Waals surface area contributed by atoms with Gasteiger partial charge in [0, 0.05) is 0 Å². The number of nitrogens with zero attached hydrogens (tertiary/aromatic N) is 2. The van der Waals surface area contributed by atoms with Gasteiger partial charge in [-0.15, -0.1) is 0 Å². The molecule has 0 amide bonds. The first-order valence-corrected chi connectivity index (χ1v) is 7.29. The smallest absolute Gasteiger partial charge is 0.199 e. The second-order valence-corrected chi connectivity index (χ2v) is 7.45. The molecule has 0 aliphatic carbocycles. The lowest BCUT2D eigenvalue weighted by Crippen LogP contribution is -2.35. The van der Waals surface area contributed by atoms with Gasteiger partial charge >= 0.3 is 0 Å². The number of aliphatic imine (C=N–C) groups is 2. The van der Waals surface area contributed by atoms with Crippen LogP contribution in [0.1, 0.15) is 41.5 Å². The first kappa shape index (κ1) is 16.2. The quantitative estimate of drug-likeness (QED) is 0.815. The fraction of sp³-hybridized carbons (Fsp3) is 0.867. The third kappa shape index (κ3) is 3.21. The zero-order chi connectivity index (χ0) is 16.1. The Morgan fingerprint density at radius 3 is 1.38 bits per heavy atom. The summed E-state index contributed by atoms with van der Waals surface area (Å²) in [4.78, 5) is 8.97. The van der Waals surface area contributed by atoms with Crippen molar-refractivity contribution >= 4 is 11.8 Å². The van der Waals surface area contributed by atoms with Crippen LogP contribution in [-0.4, -0.2) is 58.5 Å². The van der Waals surface area contributed by atoms with E-state index in [1.807, 2.05) is 13.8 Å². The van der Waals surface area contributed by atoms with Gasteiger partial charge in [0.05, 0.1) is 11.2 Å². The van der Waals surface area contributed by atoms with E-state index in [1.54, 1.807) is 27.7 Å². The lowest BCUT2D eigenvalue weighted by atomic mass is 9.92. The van der Waals surface area contributed by atoms with Crippen LogP contribution in [0.25, 0.3) is 0 Å². The highest BCUT2D eigenvalue weighted by atomic mass is 16.5. The normalized spacial score (nSPS) is 27.0. The van der Waals surface area contributed by atoms with Crippen LogP contribution >= 0.6 is 0 Å². The van der Waals surface area contributed by atoms with E-state index in [-0.39, 0.29) is 12.1 Å². The third-order valence-electron chi connectivity index (χ3n) is 4.00.